The summed E-state index contributed by atoms with van der Waals surface area (Å²) in [6.45, 7) is 6.50. The van der Waals surface area contributed by atoms with E-state index in [-0.39, 0.29) is 0 Å². The summed E-state index contributed by atoms with van der Waals surface area (Å²) in [4.78, 5) is 5.96. The molecule has 2 nitrogen and oxygen atoms in total. The number of unbranched alkanes of at least 4 members (excludes halogenated alkanes) is 5. The van der Waals surface area contributed by atoms with Gasteiger partial charge in [-0.25, -0.2) is 4.98 Å². The zero-order valence-electron chi connectivity index (χ0n) is 12.4. The van der Waals surface area contributed by atoms with Gasteiger partial charge in [0.1, 0.15) is 0 Å². The van der Waals surface area contributed by atoms with E-state index in [4.69, 9.17) is 0 Å². The van der Waals surface area contributed by atoms with Crippen molar-refractivity contribution in [1.29, 1.82) is 0 Å². The van der Waals surface area contributed by atoms with Crippen LogP contribution in [0.4, 0.5) is 0 Å². The number of aromatic nitrogens is 1. The highest BCUT2D eigenvalue weighted by molar-refractivity contribution is 7.11. The topological polar surface area (TPSA) is 24.9 Å². The van der Waals surface area contributed by atoms with Gasteiger partial charge in [0.2, 0.25) is 0 Å². The summed E-state index contributed by atoms with van der Waals surface area (Å²) in [6, 6.07) is 0.502. The molecule has 1 heterocycles. The molecule has 0 aliphatic heterocycles. The summed E-state index contributed by atoms with van der Waals surface area (Å²) >= 11 is 1.85. The van der Waals surface area contributed by atoms with Crippen LogP contribution in [0.15, 0.2) is 0 Å². The lowest BCUT2D eigenvalue weighted by Crippen LogP contribution is -2.16. The van der Waals surface area contributed by atoms with E-state index in [0.717, 1.165) is 0 Å². The predicted molar refractivity (Wildman–Crippen MR) is 81.4 cm³/mol. The SMILES string of the molecule is CCCCCCCCC(NC)c1sc(C)nc1C. The van der Waals surface area contributed by atoms with Crippen molar-refractivity contribution in [2.75, 3.05) is 7.05 Å². The van der Waals surface area contributed by atoms with Crippen molar-refractivity contribution in [3.8, 4) is 0 Å². The van der Waals surface area contributed by atoms with Gasteiger partial charge in [0.05, 0.1) is 10.7 Å². The van der Waals surface area contributed by atoms with E-state index in [9.17, 15) is 0 Å². The predicted octanol–water partition coefficient (Wildman–Crippen LogP) is 4.77. The molecule has 0 spiro atoms. The molecule has 0 saturated heterocycles. The zero-order valence-corrected chi connectivity index (χ0v) is 13.2. The van der Waals surface area contributed by atoms with E-state index >= 15 is 0 Å². The van der Waals surface area contributed by atoms with Crippen LogP contribution in [0.25, 0.3) is 0 Å². The lowest BCUT2D eigenvalue weighted by Gasteiger charge is -2.15. The number of thiazole rings is 1. The minimum Gasteiger partial charge on any atom is -0.312 e. The Morgan fingerprint density at radius 3 is 2.33 bits per heavy atom. The number of rotatable bonds is 9. The first-order chi connectivity index (χ1) is 8.69. The number of nitrogens with one attached hydrogen (secondary N) is 1. The number of nitrogens with zero attached hydrogens (tertiary/aromatic N) is 1. The maximum Gasteiger partial charge on any atom is 0.0900 e. The smallest absolute Gasteiger partial charge is 0.0900 e. The fraction of sp³-hybridized carbons (Fsp3) is 0.800. The minimum atomic E-state index is 0.502. The first-order valence-electron chi connectivity index (χ1n) is 7.30. The molecule has 18 heavy (non-hydrogen) atoms. The second kappa shape index (κ2) is 8.65. The molecule has 0 saturated carbocycles. The molecular weight excluding hydrogens is 240 g/mol. The Bertz CT molecular complexity index is 333. The Kier molecular flexibility index (Phi) is 7.52. The Labute approximate surface area is 116 Å². The van der Waals surface area contributed by atoms with Crippen LogP contribution >= 0.6 is 11.3 Å². The van der Waals surface area contributed by atoms with Crippen molar-refractivity contribution >= 4 is 11.3 Å². The van der Waals surface area contributed by atoms with Crippen molar-refractivity contribution < 1.29 is 0 Å². The van der Waals surface area contributed by atoms with Gasteiger partial charge in [-0.05, 0) is 27.3 Å². The second-order valence-corrected chi connectivity index (χ2v) is 6.32. The Morgan fingerprint density at radius 2 is 1.78 bits per heavy atom. The molecule has 0 aromatic carbocycles. The molecule has 0 bridgehead atoms. The van der Waals surface area contributed by atoms with E-state index in [1.807, 2.05) is 11.3 Å². The summed E-state index contributed by atoms with van der Waals surface area (Å²) in [5, 5.41) is 4.63. The Morgan fingerprint density at radius 1 is 1.11 bits per heavy atom. The molecule has 0 amide bonds. The van der Waals surface area contributed by atoms with E-state index < -0.39 is 0 Å². The highest BCUT2D eigenvalue weighted by atomic mass is 32.1. The lowest BCUT2D eigenvalue weighted by atomic mass is 10.0. The summed E-state index contributed by atoms with van der Waals surface area (Å²) < 4.78 is 0. The first kappa shape index (κ1) is 15.6. The van der Waals surface area contributed by atoms with E-state index in [0.29, 0.717) is 6.04 Å². The van der Waals surface area contributed by atoms with Crippen LogP contribution in [0.2, 0.25) is 0 Å². The molecule has 1 aromatic heterocycles. The van der Waals surface area contributed by atoms with Gasteiger partial charge < -0.3 is 5.32 Å². The largest absolute Gasteiger partial charge is 0.312 e. The highest BCUT2D eigenvalue weighted by Gasteiger charge is 2.15. The molecule has 0 aliphatic rings. The quantitative estimate of drug-likeness (QED) is 0.652. The van der Waals surface area contributed by atoms with Crippen LogP contribution in [-0.4, -0.2) is 12.0 Å². The van der Waals surface area contributed by atoms with Crippen LogP contribution in [-0.2, 0) is 0 Å². The Balaban J connectivity index is 2.32. The normalized spacial score (nSPS) is 12.9. The summed E-state index contributed by atoms with van der Waals surface area (Å²) in [5.74, 6) is 0. The number of hydrogen-bond donors (Lipinski definition) is 1. The fourth-order valence-electron chi connectivity index (χ4n) is 2.41. The minimum absolute atomic E-state index is 0.502. The van der Waals surface area contributed by atoms with Crippen LogP contribution in [0.5, 0.6) is 0 Å². The maximum absolute atomic E-state index is 4.53. The van der Waals surface area contributed by atoms with Gasteiger partial charge in [-0.2, -0.15) is 0 Å². The van der Waals surface area contributed by atoms with Gasteiger partial charge in [-0.3, -0.25) is 0 Å². The average Bonchev–Trinajstić information content (AvgIpc) is 2.68. The van der Waals surface area contributed by atoms with Crippen molar-refractivity contribution in [2.45, 2.75) is 71.8 Å². The van der Waals surface area contributed by atoms with Crippen molar-refractivity contribution in [3.63, 3.8) is 0 Å². The molecule has 1 rings (SSSR count). The third-order valence-corrected chi connectivity index (χ3v) is 4.64. The monoisotopic (exact) mass is 268 g/mol. The van der Waals surface area contributed by atoms with Crippen LogP contribution < -0.4 is 5.32 Å². The van der Waals surface area contributed by atoms with Crippen LogP contribution in [0, 0.1) is 13.8 Å². The third kappa shape index (κ3) is 5.07. The van der Waals surface area contributed by atoms with Gasteiger partial charge in [-0.15, -0.1) is 11.3 Å². The third-order valence-electron chi connectivity index (χ3n) is 3.45. The molecular formula is C15H28N2S. The lowest BCUT2D eigenvalue weighted by molar-refractivity contribution is 0.501. The van der Waals surface area contributed by atoms with Crippen molar-refractivity contribution in [1.82, 2.24) is 10.3 Å². The first-order valence-corrected chi connectivity index (χ1v) is 8.11. The number of hydrogen-bond acceptors (Lipinski definition) is 3. The number of aryl methyl sites for hydroxylation is 2. The van der Waals surface area contributed by atoms with Gasteiger partial charge >= 0.3 is 0 Å². The fourth-order valence-corrected chi connectivity index (χ4v) is 3.48. The summed E-state index contributed by atoms with van der Waals surface area (Å²) in [5.41, 5.74) is 1.21. The molecule has 104 valence electrons. The van der Waals surface area contributed by atoms with Crippen molar-refractivity contribution in [2.24, 2.45) is 0 Å². The molecule has 3 heteroatoms. The Hall–Kier alpha value is -0.410. The molecule has 1 atom stereocenters. The highest BCUT2D eigenvalue weighted by Crippen LogP contribution is 2.28. The van der Waals surface area contributed by atoms with E-state index in [1.165, 1.54) is 60.5 Å². The van der Waals surface area contributed by atoms with Gasteiger partial charge in [0, 0.05) is 10.9 Å². The standard InChI is InChI=1S/C15H28N2S/c1-5-6-7-8-9-10-11-14(16-4)15-12(2)17-13(3)18-15/h14,16H,5-11H2,1-4H3. The molecule has 1 unspecified atom stereocenters. The van der Waals surface area contributed by atoms with Gasteiger partial charge in [0.25, 0.3) is 0 Å². The van der Waals surface area contributed by atoms with E-state index in [1.54, 1.807) is 0 Å². The van der Waals surface area contributed by atoms with Crippen molar-refractivity contribution in [3.05, 3.63) is 15.6 Å². The second-order valence-electron chi connectivity index (χ2n) is 5.08. The molecule has 0 aliphatic carbocycles. The molecule has 1 aromatic rings. The van der Waals surface area contributed by atoms with Crippen LogP contribution in [0.3, 0.4) is 0 Å². The molecule has 0 radical (unpaired) electrons. The average molecular weight is 268 g/mol. The maximum atomic E-state index is 4.53. The molecule has 0 fully saturated rings. The zero-order chi connectivity index (χ0) is 13.4. The summed E-state index contributed by atoms with van der Waals surface area (Å²) in [7, 11) is 2.07. The van der Waals surface area contributed by atoms with Gasteiger partial charge in [-0.1, -0.05) is 45.4 Å². The summed E-state index contributed by atoms with van der Waals surface area (Å²) in [6.07, 6.45) is 9.46. The van der Waals surface area contributed by atoms with Crippen LogP contribution in [0.1, 0.15) is 73.5 Å². The van der Waals surface area contributed by atoms with Gasteiger partial charge in [0.15, 0.2) is 0 Å². The van der Waals surface area contributed by atoms with E-state index in [2.05, 4.69) is 38.1 Å². The molecule has 1 N–H and O–H groups in total.